The Morgan fingerprint density at radius 1 is 1.10 bits per heavy atom. The van der Waals surface area contributed by atoms with E-state index in [1.807, 2.05) is 0 Å². The standard InChI is InChI=1S/C17H35N3O/c1-12(2)10-15-17(21)20(9-8-19(7)14(5)6)16(18-15)11-13(3)4/h12-16,18H,8-11H2,1-7H3. The average Bonchev–Trinajstić information content (AvgIpc) is 2.61. The van der Waals surface area contributed by atoms with Gasteiger partial charge >= 0.3 is 0 Å². The lowest BCUT2D eigenvalue weighted by molar-refractivity contribution is -0.130. The Hall–Kier alpha value is -0.610. The largest absolute Gasteiger partial charge is 0.325 e. The third-order valence-electron chi connectivity index (χ3n) is 4.33. The molecule has 0 bridgehead atoms. The van der Waals surface area contributed by atoms with Gasteiger partial charge in [-0.25, -0.2) is 0 Å². The van der Waals surface area contributed by atoms with Gasteiger partial charge in [0, 0.05) is 19.1 Å². The Kier molecular flexibility index (Phi) is 7.14. The highest BCUT2D eigenvalue weighted by atomic mass is 16.2. The molecule has 4 nitrogen and oxygen atoms in total. The zero-order valence-corrected chi connectivity index (χ0v) is 15.0. The van der Waals surface area contributed by atoms with Crippen molar-refractivity contribution in [1.29, 1.82) is 0 Å². The van der Waals surface area contributed by atoms with Crippen molar-refractivity contribution in [2.45, 2.75) is 72.6 Å². The van der Waals surface area contributed by atoms with Gasteiger partial charge in [-0.05, 0) is 45.6 Å². The first-order chi connectivity index (χ1) is 9.72. The van der Waals surface area contributed by atoms with Gasteiger partial charge in [0.05, 0.1) is 12.2 Å². The fourth-order valence-electron chi connectivity index (χ4n) is 2.82. The monoisotopic (exact) mass is 297 g/mol. The van der Waals surface area contributed by atoms with Gasteiger partial charge in [-0.2, -0.15) is 0 Å². The van der Waals surface area contributed by atoms with E-state index in [9.17, 15) is 4.79 Å². The fourth-order valence-corrected chi connectivity index (χ4v) is 2.82. The highest BCUT2D eigenvalue weighted by Crippen LogP contribution is 2.21. The van der Waals surface area contributed by atoms with Crippen LogP contribution in [0.15, 0.2) is 0 Å². The van der Waals surface area contributed by atoms with E-state index in [2.05, 4.69) is 63.7 Å². The molecule has 1 N–H and O–H groups in total. The number of carbonyl (C=O) groups is 1. The van der Waals surface area contributed by atoms with Crippen molar-refractivity contribution in [2.75, 3.05) is 20.1 Å². The van der Waals surface area contributed by atoms with Crippen LogP contribution >= 0.6 is 0 Å². The van der Waals surface area contributed by atoms with Crippen LogP contribution in [0.3, 0.4) is 0 Å². The third kappa shape index (κ3) is 5.59. The molecule has 0 aliphatic carbocycles. The van der Waals surface area contributed by atoms with Crippen molar-refractivity contribution in [1.82, 2.24) is 15.1 Å². The molecule has 0 saturated carbocycles. The summed E-state index contributed by atoms with van der Waals surface area (Å²) >= 11 is 0. The van der Waals surface area contributed by atoms with Gasteiger partial charge < -0.3 is 9.80 Å². The molecule has 1 fully saturated rings. The second kappa shape index (κ2) is 8.14. The molecule has 2 atom stereocenters. The van der Waals surface area contributed by atoms with Crippen LogP contribution in [-0.2, 0) is 4.79 Å². The van der Waals surface area contributed by atoms with Gasteiger partial charge in [0.15, 0.2) is 0 Å². The molecule has 0 spiro atoms. The van der Waals surface area contributed by atoms with Crippen molar-refractivity contribution >= 4 is 5.91 Å². The van der Waals surface area contributed by atoms with Crippen LogP contribution in [0.25, 0.3) is 0 Å². The van der Waals surface area contributed by atoms with Crippen molar-refractivity contribution in [3.63, 3.8) is 0 Å². The van der Waals surface area contributed by atoms with E-state index in [-0.39, 0.29) is 12.2 Å². The SMILES string of the molecule is CC(C)CC1NC(CC(C)C)N(CCN(C)C(C)C)C1=O. The molecular formula is C17H35N3O. The van der Waals surface area contributed by atoms with Crippen molar-refractivity contribution in [3.8, 4) is 0 Å². The highest BCUT2D eigenvalue weighted by molar-refractivity contribution is 5.84. The van der Waals surface area contributed by atoms with Gasteiger partial charge in [0.25, 0.3) is 0 Å². The summed E-state index contributed by atoms with van der Waals surface area (Å²) in [6, 6.07) is 0.531. The number of rotatable bonds is 8. The number of amides is 1. The van der Waals surface area contributed by atoms with Crippen molar-refractivity contribution in [3.05, 3.63) is 0 Å². The number of nitrogens with one attached hydrogen (secondary N) is 1. The summed E-state index contributed by atoms with van der Waals surface area (Å²) in [5.74, 6) is 1.44. The minimum absolute atomic E-state index is 0.0121. The van der Waals surface area contributed by atoms with E-state index in [4.69, 9.17) is 0 Å². The van der Waals surface area contributed by atoms with Crippen molar-refractivity contribution < 1.29 is 4.79 Å². The number of nitrogens with zero attached hydrogens (tertiary/aromatic N) is 2. The molecular weight excluding hydrogens is 262 g/mol. The lowest BCUT2D eigenvalue weighted by atomic mass is 10.0. The lowest BCUT2D eigenvalue weighted by Gasteiger charge is -2.29. The van der Waals surface area contributed by atoms with Gasteiger partial charge in [-0.1, -0.05) is 27.7 Å². The molecule has 124 valence electrons. The third-order valence-corrected chi connectivity index (χ3v) is 4.33. The van der Waals surface area contributed by atoms with Crippen LogP contribution in [0.5, 0.6) is 0 Å². The molecule has 1 heterocycles. The normalized spacial score (nSPS) is 23.4. The fraction of sp³-hybridized carbons (Fsp3) is 0.941. The second-order valence-corrected chi connectivity index (χ2v) is 7.60. The zero-order chi connectivity index (χ0) is 16.2. The van der Waals surface area contributed by atoms with E-state index in [1.165, 1.54) is 0 Å². The van der Waals surface area contributed by atoms with E-state index in [0.717, 1.165) is 25.9 Å². The maximum Gasteiger partial charge on any atom is 0.241 e. The first-order valence-electron chi connectivity index (χ1n) is 8.49. The Balaban J connectivity index is 2.68. The molecule has 1 aliphatic rings. The van der Waals surface area contributed by atoms with Gasteiger partial charge in [-0.3, -0.25) is 10.1 Å². The van der Waals surface area contributed by atoms with Gasteiger partial charge in [0.1, 0.15) is 0 Å². The van der Waals surface area contributed by atoms with E-state index >= 15 is 0 Å². The molecule has 0 aromatic rings. The Morgan fingerprint density at radius 2 is 1.67 bits per heavy atom. The minimum Gasteiger partial charge on any atom is -0.325 e. The molecule has 1 amide bonds. The van der Waals surface area contributed by atoms with Crippen LogP contribution in [0.2, 0.25) is 0 Å². The average molecular weight is 297 g/mol. The Labute approximate surface area is 131 Å². The van der Waals surface area contributed by atoms with Crippen LogP contribution < -0.4 is 5.32 Å². The molecule has 21 heavy (non-hydrogen) atoms. The molecule has 1 saturated heterocycles. The van der Waals surface area contributed by atoms with Gasteiger partial charge in [-0.15, -0.1) is 0 Å². The molecule has 2 unspecified atom stereocenters. The summed E-state index contributed by atoms with van der Waals surface area (Å²) in [7, 11) is 2.13. The van der Waals surface area contributed by atoms with E-state index in [1.54, 1.807) is 0 Å². The number of likely N-dealkylation sites (N-methyl/N-ethyl adjacent to an activating group) is 1. The topological polar surface area (TPSA) is 35.6 Å². The second-order valence-electron chi connectivity index (χ2n) is 7.60. The van der Waals surface area contributed by atoms with Crippen molar-refractivity contribution in [2.24, 2.45) is 11.8 Å². The summed E-state index contributed by atoms with van der Waals surface area (Å²) in [6.07, 6.45) is 2.18. The summed E-state index contributed by atoms with van der Waals surface area (Å²) in [5.41, 5.74) is 0. The first kappa shape index (κ1) is 18.4. The van der Waals surface area contributed by atoms with Crippen LogP contribution in [0, 0.1) is 11.8 Å². The van der Waals surface area contributed by atoms with Crippen LogP contribution in [0.4, 0.5) is 0 Å². The first-order valence-corrected chi connectivity index (χ1v) is 8.49. The predicted molar refractivity (Wildman–Crippen MR) is 89.1 cm³/mol. The summed E-state index contributed by atoms with van der Waals surface area (Å²) in [4.78, 5) is 17.0. The quantitative estimate of drug-likeness (QED) is 0.748. The zero-order valence-electron chi connectivity index (χ0n) is 15.0. The predicted octanol–water partition coefficient (Wildman–Crippen LogP) is 2.55. The summed E-state index contributed by atoms with van der Waals surface area (Å²) in [6.45, 7) is 15.0. The number of hydrogen-bond donors (Lipinski definition) is 1. The molecule has 1 rings (SSSR count). The minimum atomic E-state index is 0.0121. The maximum atomic E-state index is 12.7. The highest BCUT2D eigenvalue weighted by Gasteiger charge is 2.38. The smallest absolute Gasteiger partial charge is 0.241 e. The Bertz CT molecular complexity index is 328. The van der Waals surface area contributed by atoms with Crippen LogP contribution in [0.1, 0.15) is 54.4 Å². The summed E-state index contributed by atoms with van der Waals surface area (Å²) < 4.78 is 0. The maximum absolute atomic E-state index is 12.7. The van der Waals surface area contributed by atoms with Crippen LogP contribution in [-0.4, -0.2) is 54.1 Å². The Morgan fingerprint density at radius 3 is 2.14 bits per heavy atom. The molecule has 0 radical (unpaired) electrons. The van der Waals surface area contributed by atoms with Gasteiger partial charge in [0.2, 0.25) is 5.91 Å². The van der Waals surface area contributed by atoms with E-state index in [0.29, 0.717) is 23.8 Å². The number of carbonyl (C=O) groups excluding carboxylic acids is 1. The number of hydrogen-bond acceptors (Lipinski definition) is 3. The lowest BCUT2D eigenvalue weighted by Crippen LogP contribution is -2.43. The molecule has 0 aromatic heterocycles. The molecule has 4 heteroatoms. The molecule has 0 aromatic carbocycles. The van der Waals surface area contributed by atoms with E-state index < -0.39 is 0 Å². The molecule has 1 aliphatic heterocycles. The summed E-state index contributed by atoms with van der Waals surface area (Å²) in [5, 5.41) is 3.56.